The molecule has 27 heavy (non-hydrogen) atoms. The Hall–Kier alpha value is -0.870. The van der Waals surface area contributed by atoms with Crippen molar-refractivity contribution < 1.29 is 19.7 Å². The quantitative estimate of drug-likeness (QED) is 0.688. The molecule has 0 spiro atoms. The van der Waals surface area contributed by atoms with E-state index in [0.29, 0.717) is 24.4 Å². The van der Waals surface area contributed by atoms with Gasteiger partial charge in [-0.25, -0.2) is 4.79 Å². The van der Waals surface area contributed by atoms with E-state index >= 15 is 0 Å². The summed E-state index contributed by atoms with van der Waals surface area (Å²) in [5.74, 6) is 1.59. The van der Waals surface area contributed by atoms with E-state index in [1.165, 1.54) is 6.42 Å². The predicted molar refractivity (Wildman–Crippen MR) is 102 cm³/mol. The number of aliphatic hydroxyl groups is 2. The smallest absolute Gasteiger partial charge is 0.331 e. The molecule has 0 aromatic carbocycles. The average molecular weight is 375 g/mol. The maximum absolute atomic E-state index is 12.1. The van der Waals surface area contributed by atoms with Gasteiger partial charge in [0.1, 0.15) is 6.61 Å². The highest BCUT2D eigenvalue weighted by Crippen LogP contribution is 2.69. The molecular weight excluding hydrogens is 340 g/mol. The van der Waals surface area contributed by atoms with Crippen LogP contribution in [-0.2, 0) is 9.53 Å². The Morgan fingerprint density at radius 3 is 2.59 bits per heavy atom. The molecule has 150 valence electrons. The zero-order valence-corrected chi connectivity index (χ0v) is 16.7. The molecule has 0 bridgehead atoms. The van der Waals surface area contributed by atoms with Crippen molar-refractivity contribution in [3.05, 3.63) is 11.6 Å². The molecule has 5 aliphatic rings. The van der Waals surface area contributed by atoms with Crippen molar-refractivity contribution in [1.29, 1.82) is 0 Å². The lowest BCUT2D eigenvalue weighted by molar-refractivity contribution is -0.208. The lowest BCUT2D eigenvalue weighted by Gasteiger charge is -2.63. The van der Waals surface area contributed by atoms with Crippen LogP contribution >= 0.6 is 0 Å². The van der Waals surface area contributed by atoms with Gasteiger partial charge in [-0.05, 0) is 92.4 Å². The molecule has 4 nitrogen and oxygen atoms in total. The van der Waals surface area contributed by atoms with Crippen molar-refractivity contribution in [2.75, 3.05) is 6.61 Å². The Balaban J connectivity index is 1.47. The fourth-order valence-electron chi connectivity index (χ4n) is 8.39. The largest absolute Gasteiger partial charge is 0.458 e. The molecule has 4 aliphatic carbocycles. The Labute approximate surface area is 162 Å². The number of rotatable bonds is 1. The fraction of sp³-hybridized carbons (Fsp3) is 0.870. The van der Waals surface area contributed by atoms with Gasteiger partial charge in [-0.2, -0.15) is 0 Å². The molecule has 0 radical (unpaired) electrons. The van der Waals surface area contributed by atoms with Crippen LogP contribution in [0.2, 0.25) is 0 Å². The summed E-state index contributed by atoms with van der Waals surface area (Å²) in [6, 6.07) is 0. The number of carbonyl (C=O) groups excluding carboxylic acids is 1. The summed E-state index contributed by atoms with van der Waals surface area (Å²) in [7, 11) is 0. The number of carbonyl (C=O) groups is 1. The summed E-state index contributed by atoms with van der Waals surface area (Å²) in [5, 5.41) is 22.3. The second-order valence-electron chi connectivity index (χ2n) is 10.7. The minimum Gasteiger partial charge on any atom is -0.458 e. The van der Waals surface area contributed by atoms with Crippen LogP contribution in [0.15, 0.2) is 11.6 Å². The molecule has 1 heterocycles. The first kappa shape index (κ1) is 18.2. The molecule has 4 fully saturated rings. The molecule has 8 atom stereocenters. The highest BCUT2D eigenvalue weighted by Gasteiger charge is 2.67. The number of ether oxygens (including phenoxy) is 1. The lowest BCUT2D eigenvalue weighted by Crippen LogP contribution is -2.62. The van der Waals surface area contributed by atoms with Crippen molar-refractivity contribution in [1.82, 2.24) is 0 Å². The van der Waals surface area contributed by atoms with E-state index in [0.717, 1.165) is 56.9 Å². The second kappa shape index (κ2) is 5.82. The highest BCUT2D eigenvalue weighted by atomic mass is 16.5. The van der Waals surface area contributed by atoms with Gasteiger partial charge in [0, 0.05) is 11.5 Å². The summed E-state index contributed by atoms with van der Waals surface area (Å²) in [5.41, 5.74) is 0.600. The van der Waals surface area contributed by atoms with Crippen LogP contribution < -0.4 is 0 Å². The maximum Gasteiger partial charge on any atom is 0.331 e. The van der Waals surface area contributed by atoms with Crippen LogP contribution in [0, 0.1) is 34.5 Å². The van der Waals surface area contributed by atoms with Crippen molar-refractivity contribution in [3.63, 3.8) is 0 Å². The number of hydrogen-bond acceptors (Lipinski definition) is 4. The van der Waals surface area contributed by atoms with Gasteiger partial charge < -0.3 is 14.9 Å². The van der Waals surface area contributed by atoms with E-state index in [1.807, 2.05) is 0 Å². The van der Waals surface area contributed by atoms with Crippen molar-refractivity contribution in [2.45, 2.75) is 83.3 Å². The molecule has 0 unspecified atom stereocenters. The Morgan fingerprint density at radius 2 is 1.85 bits per heavy atom. The van der Waals surface area contributed by atoms with Gasteiger partial charge >= 0.3 is 5.97 Å². The Morgan fingerprint density at radius 1 is 1.04 bits per heavy atom. The van der Waals surface area contributed by atoms with Crippen LogP contribution in [-0.4, -0.2) is 34.5 Å². The van der Waals surface area contributed by atoms with E-state index in [4.69, 9.17) is 4.74 Å². The standard InChI is InChI=1S/C23H34O4/c1-21-8-5-16(24)12-15(21)3-4-19-18(21)6-9-22(2)17(7-10-23(19,22)26)14-11-20(25)27-13-14/h11,15-19,24,26H,3-10,12-13H2,1-2H3/t15-,16-,17+,18-,19+,21-,22+,23-/m1/s1. The first-order chi connectivity index (χ1) is 12.8. The minimum atomic E-state index is -0.628. The molecule has 5 rings (SSSR count). The molecule has 4 heteroatoms. The molecule has 2 N–H and O–H groups in total. The van der Waals surface area contributed by atoms with Crippen LogP contribution in [0.25, 0.3) is 0 Å². The van der Waals surface area contributed by atoms with Gasteiger partial charge in [-0.1, -0.05) is 13.8 Å². The Kier molecular flexibility index (Phi) is 3.92. The van der Waals surface area contributed by atoms with Gasteiger partial charge in [-0.3, -0.25) is 0 Å². The fourth-order valence-corrected chi connectivity index (χ4v) is 8.39. The minimum absolute atomic E-state index is 0.126. The van der Waals surface area contributed by atoms with Crippen LogP contribution in [0.4, 0.5) is 0 Å². The van der Waals surface area contributed by atoms with E-state index in [1.54, 1.807) is 6.08 Å². The highest BCUT2D eigenvalue weighted by molar-refractivity contribution is 5.85. The molecule has 0 aromatic rings. The third-order valence-corrected chi connectivity index (χ3v) is 9.96. The van der Waals surface area contributed by atoms with E-state index in [2.05, 4.69) is 13.8 Å². The summed E-state index contributed by atoms with van der Waals surface area (Å²) in [4.78, 5) is 11.6. The molecule has 4 saturated carbocycles. The zero-order chi connectivity index (χ0) is 19.0. The first-order valence-electron chi connectivity index (χ1n) is 11.1. The third kappa shape index (κ3) is 2.32. The third-order valence-electron chi connectivity index (χ3n) is 9.96. The van der Waals surface area contributed by atoms with Gasteiger partial charge in [0.15, 0.2) is 0 Å². The molecule has 0 amide bonds. The van der Waals surface area contributed by atoms with Gasteiger partial charge in [0.05, 0.1) is 11.7 Å². The monoisotopic (exact) mass is 374 g/mol. The maximum atomic E-state index is 12.1. The summed E-state index contributed by atoms with van der Waals surface area (Å²) < 4.78 is 5.20. The first-order valence-corrected chi connectivity index (χ1v) is 11.1. The van der Waals surface area contributed by atoms with Gasteiger partial charge in [0.2, 0.25) is 0 Å². The Bertz CT molecular complexity index is 686. The lowest BCUT2D eigenvalue weighted by atomic mass is 9.43. The van der Waals surface area contributed by atoms with Gasteiger partial charge in [-0.15, -0.1) is 0 Å². The van der Waals surface area contributed by atoms with E-state index in [9.17, 15) is 15.0 Å². The molecule has 1 aliphatic heterocycles. The van der Waals surface area contributed by atoms with Crippen LogP contribution in [0.3, 0.4) is 0 Å². The molecule has 0 aromatic heterocycles. The normalized spacial score (nSPS) is 54.6. The van der Waals surface area contributed by atoms with Crippen LogP contribution in [0.1, 0.15) is 71.6 Å². The van der Waals surface area contributed by atoms with Crippen LogP contribution in [0.5, 0.6) is 0 Å². The van der Waals surface area contributed by atoms with Crippen molar-refractivity contribution in [2.24, 2.45) is 34.5 Å². The molecular formula is C23H34O4. The average Bonchev–Trinajstić information content (AvgIpc) is 3.16. The SMILES string of the molecule is C[C@@]12CC[C@@H](O)C[C@H]1CC[C@H]1[C@H]2CC[C@@]2(C)[C@H](C3=CC(=O)OC3)CC[C@@]12O. The summed E-state index contributed by atoms with van der Waals surface area (Å²) >= 11 is 0. The summed E-state index contributed by atoms with van der Waals surface area (Å²) in [6.45, 7) is 5.15. The second-order valence-corrected chi connectivity index (χ2v) is 10.7. The zero-order valence-electron chi connectivity index (χ0n) is 16.7. The number of esters is 1. The molecule has 0 saturated heterocycles. The van der Waals surface area contributed by atoms with Gasteiger partial charge in [0.25, 0.3) is 0 Å². The topological polar surface area (TPSA) is 66.8 Å². The van der Waals surface area contributed by atoms with Crippen molar-refractivity contribution >= 4 is 5.97 Å². The van der Waals surface area contributed by atoms with Crippen molar-refractivity contribution in [3.8, 4) is 0 Å². The number of cyclic esters (lactones) is 1. The van der Waals surface area contributed by atoms with E-state index < -0.39 is 5.60 Å². The number of fused-ring (bicyclic) bond motifs is 5. The predicted octanol–water partition coefficient (Wildman–Crippen LogP) is 3.60. The number of aliphatic hydroxyl groups excluding tert-OH is 1. The number of hydrogen-bond donors (Lipinski definition) is 2. The summed E-state index contributed by atoms with van der Waals surface area (Å²) in [6.07, 6.45) is 10.8. The van der Waals surface area contributed by atoms with E-state index in [-0.39, 0.29) is 28.8 Å².